The Morgan fingerprint density at radius 1 is 1.67 bits per heavy atom. The Balaban J connectivity index is 2.78. The Bertz CT molecular complexity index is 255. The van der Waals surface area contributed by atoms with Crippen LogP contribution in [-0.4, -0.2) is 35.1 Å². The van der Waals surface area contributed by atoms with Crippen molar-refractivity contribution in [3.63, 3.8) is 0 Å². The SMILES string of the molecule is C=CC1CC(=O)N([C@H](CO)C(C)(C)C)C1. The monoisotopic (exact) mass is 211 g/mol. The van der Waals surface area contributed by atoms with Crippen molar-refractivity contribution in [2.45, 2.75) is 33.2 Å². The Morgan fingerprint density at radius 3 is 2.60 bits per heavy atom. The van der Waals surface area contributed by atoms with E-state index in [1.807, 2.05) is 26.8 Å². The summed E-state index contributed by atoms with van der Waals surface area (Å²) in [6.45, 7) is 10.6. The Hall–Kier alpha value is -0.830. The average Bonchev–Trinajstić information content (AvgIpc) is 2.46. The molecule has 1 amide bonds. The van der Waals surface area contributed by atoms with E-state index >= 15 is 0 Å². The fraction of sp³-hybridized carbons (Fsp3) is 0.750. The van der Waals surface area contributed by atoms with Crippen LogP contribution in [0, 0.1) is 11.3 Å². The minimum absolute atomic E-state index is 0.0269. The highest BCUT2D eigenvalue weighted by Gasteiger charge is 2.38. The summed E-state index contributed by atoms with van der Waals surface area (Å²) in [5.41, 5.74) is -0.0829. The van der Waals surface area contributed by atoms with Gasteiger partial charge in [0.2, 0.25) is 5.91 Å². The molecule has 0 aromatic carbocycles. The topological polar surface area (TPSA) is 40.5 Å². The van der Waals surface area contributed by atoms with Crippen molar-refractivity contribution in [3.8, 4) is 0 Å². The first kappa shape index (κ1) is 12.2. The van der Waals surface area contributed by atoms with Gasteiger partial charge in [0.05, 0.1) is 12.6 Å². The Labute approximate surface area is 91.8 Å². The normalized spacial score (nSPS) is 24.4. The molecule has 1 aliphatic heterocycles. The molecule has 0 aromatic rings. The fourth-order valence-corrected chi connectivity index (χ4v) is 2.06. The molecule has 0 aromatic heterocycles. The molecule has 86 valence electrons. The number of nitrogens with zero attached hydrogens (tertiary/aromatic N) is 1. The first-order valence-electron chi connectivity index (χ1n) is 5.43. The van der Waals surface area contributed by atoms with E-state index in [1.165, 1.54) is 0 Å². The standard InChI is InChI=1S/C12H21NO2/c1-5-9-6-11(15)13(7-9)10(8-14)12(2,3)4/h5,9-10,14H,1,6-8H2,2-4H3/t9?,10-/m1/s1. The van der Waals surface area contributed by atoms with Gasteiger partial charge < -0.3 is 10.0 Å². The molecule has 1 aliphatic rings. The Morgan fingerprint density at radius 2 is 2.27 bits per heavy atom. The minimum atomic E-state index is -0.0880. The minimum Gasteiger partial charge on any atom is -0.394 e. The molecule has 0 saturated carbocycles. The van der Waals surface area contributed by atoms with Gasteiger partial charge in [0.1, 0.15) is 0 Å². The third-order valence-electron chi connectivity index (χ3n) is 3.07. The summed E-state index contributed by atoms with van der Waals surface area (Å²) >= 11 is 0. The van der Waals surface area contributed by atoms with E-state index in [9.17, 15) is 9.90 Å². The van der Waals surface area contributed by atoms with Gasteiger partial charge in [0.25, 0.3) is 0 Å². The molecule has 0 radical (unpaired) electrons. The van der Waals surface area contributed by atoms with Gasteiger partial charge in [-0.25, -0.2) is 0 Å². The zero-order valence-electron chi connectivity index (χ0n) is 9.86. The fourth-order valence-electron chi connectivity index (χ4n) is 2.06. The van der Waals surface area contributed by atoms with E-state index in [4.69, 9.17) is 0 Å². The van der Waals surface area contributed by atoms with Crippen molar-refractivity contribution in [1.82, 2.24) is 4.90 Å². The van der Waals surface area contributed by atoms with E-state index in [2.05, 4.69) is 6.58 Å². The molecule has 1 N–H and O–H groups in total. The van der Waals surface area contributed by atoms with Crippen molar-refractivity contribution in [2.24, 2.45) is 11.3 Å². The molecule has 0 spiro atoms. The molecule has 1 fully saturated rings. The maximum atomic E-state index is 11.8. The van der Waals surface area contributed by atoms with E-state index in [-0.39, 0.29) is 29.9 Å². The zero-order chi connectivity index (χ0) is 11.6. The summed E-state index contributed by atoms with van der Waals surface area (Å²) in [6, 6.07) is -0.0880. The van der Waals surface area contributed by atoms with Crippen molar-refractivity contribution in [3.05, 3.63) is 12.7 Å². The summed E-state index contributed by atoms with van der Waals surface area (Å²) in [7, 11) is 0. The summed E-state index contributed by atoms with van der Waals surface area (Å²) in [4.78, 5) is 13.6. The number of amides is 1. The molecule has 1 unspecified atom stereocenters. The van der Waals surface area contributed by atoms with Crippen LogP contribution in [0.1, 0.15) is 27.2 Å². The van der Waals surface area contributed by atoms with Crippen molar-refractivity contribution >= 4 is 5.91 Å². The van der Waals surface area contributed by atoms with Crippen LogP contribution in [0.15, 0.2) is 12.7 Å². The molecule has 1 saturated heterocycles. The zero-order valence-corrected chi connectivity index (χ0v) is 9.86. The van der Waals surface area contributed by atoms with Crippen LogP contribution in [0.4, 0.5) is 0 Å². The smallest absolute Gasteiger partial charge is 0.223 e. The van der Waals surface area contributed by atoms with Gasteiger partial charge in [0.15, 0.2) is 0 Å². The van der Waals surface area contributed by atoms with Crippen molar-refractivity contribution < 1.29 is 9.90 Å². The summed E-state index contributed by atoms with van der Waals surface area (Å²) in [6.07, 6.45) is 2.37. The molecule has 0 bridgehead atoms. The lowest BCUT2D eigenvalue weighted by Gasteiger charge is -2.36. The highest BCUT2D eigenvalue weighted by molar-refractivity contribution is 5.79. The molecule has 2 atom stereocenters. The summed E-state index contributed by atoms with van der Waals surface area (Å²) in [5, 5.41) is 9.38. The van der Waals surface area contributed by atoms with Crippen LogP contribution in [0.2, 0.25) is 0 Å². The molecular weight excluding hydrogens is 190 g/mol. The maximum absolute atomic E-state index is 11.8. The highest BCUT2D eigenvalue weighted by atomic mass is 16.3. The number of carbonyl (C=O) groups is 1. The number of aliphatic hydroxyl groups excluding tert-OH is 1. The van der Waals surface area contributed by atoms with Crippen LogP contribution in [-0.2, 0) is 4.79 Å². The molecule has 15 heavy (non-hydrogen) atoms. The van der Waals surface area contributed by atoms with Crippen LogP contribution >= 0.6 is 0 Å². The second kappa shape index (κ2) is 4.35. The number of likely N-dealkylation sites (tertiary alicyclic amines) is 1. The lowest BCUT2D eigenvalue weighted by atomic mass is 9.86. The largest absolute Gasteiger partial charge is 0.394 e. The highest BCUT2D eigenvalue weighted by Crippen LogP contribution is 2.29. The second-order valence-electron chi connectivity index (χ2n) is 5.31. The third-order valence-corrected chi connectivity index (χ3v) is 3.07. The van der Waals surface area contributed by atoms with Gasteiger partial charge in [0, 0.05) is 18.9 Å². The van der Waals surface area contributed by atoms with Gasteiger partial charge in [-0.3, -0.25) is 4.79 Å². The van der Waals surface area contributed by atoms with Crippen LogP contribution in [0.5, 0.6) is 0 Å². The van der Waals surface area contributed by atoms with Gasteiger partial charge in [-0.1, -0.05) is 26.8 Å². The van der Waals surface area contributed by atoms with Crippen LogP contribution in [0.25, 0.3) is 0 Å². The van der Waals surface area contributed by atoms with Crippen molar-refractivity contribution in [1.29, 1.82) is 0 Å². The molecule has 3 heteroatoms. The second-order valence-corrected chi connectivity index (χ2v) is 5.31. The quantitative estimate of drug-likeness (QED) is 0.717. The van der Waals surface area contributed by atoms with Crippen molar-refractivity contribution in [2.75, 3.05) is 13.2 Å². The number of carbonyl (C=O) groups excluding carboxylic acids is 1. The molecule has 1 rings (SSSR count). The van der Waals surface area contributed by atoms with Crippen LogP contribution in [0.3, 0.4) is 0 Å². The van der Waals surface area contributed by atoms with Gasteiger partial charge in [-0.05, 0) is 5.41 Å². The average molecular weight is 211 g/mol. The summed E-state index contributed by atoms with van der Waals surface area (Å²) < 4.78 is 0. The van der Waals surface area contributed by atoms with E-state index in [1.54, 1.807) is 4.90 Å². The lowest BCUT2D eigenvalue weighted by Crippen LogP contribution is -2.47. The van der Waals surface area contributed by atoms with E-state index < -0.39 is 0 Å². The van der Waals surface area contributed by atoms with Gasteiger partial charge >= 0.3 is 0 Å². The van der Waals surface area contributed by atoms with E-state index in [0.29, 0.717) is 13.0 Å². The molecular formula is C12H21NO2. The first-order chi connectivity index (χ1) is 6.90. The number of hydrogen-bond acceptors (Lipinski definition) is 2. The molecule has 1 heterocycles. The van der Waals surface area contributed by atoms with Gasteiger partial charge in [-0.2, -0.15) is 0 Å². The number of aliphatic hydroxyl groups is 1. The maximum Gasteiger partial charge on any atom is 0.223 e. The number of rotatable bonds is 3. The third kappa shape index (κ3) is 2.59. The Kier molecular flexibility index (Phi) is 3.55. The number of hydrogen-bond donors (Lipinski definition) is 1. The van der Waals surface area contributed by atoms with Crippen LogP contribution < -0.4 is 0 Å². The predicted octanol–water partition coefficient (Wildman–Crippen LogP) is 1.43. The molecule has 0 aliphatic carbocycles. The van der Waals surface area contributed by atoms with E-state index in [0.717, 1.165) is 0 Å². The first-order valence-corrected chi connectivity index (χ1v) is 5.43. The van der Waals surface area contributed by atoms with Gasteiger partial charge in [-0.15, -0.1) is 6.58 Å². The summed E-state index contributed by atoms with van der Waals surface area (Å²) in [5.74, 6) is 0.378. The molecule has 3 nitrogen and oxygen atoms in total. The lowest BCUT2D eigenvalue weighted by molar-refractivity contribution is -0.133. The predicted molar refractivity (Wildman–Crippen MR) is 60.3 cm³/mol.